The Morgan fingerprint density at radius 3 is 2.69 bits per heavy atom. The lowest BCUT2D eigenvalue weighted by Crippen LogP contribution is -2.34. The molecule has 5 heteroatoms. The first-order valence-corrected chi connectivity index (χ1v) is 9.49. The molecule has 1 fully saturated rings. The molecule has 0 saturated heterocycles. The van der Waals surface area contributed by atoms with Crippen LogP contribution < -0.4 is 9.47 Å². The molecule has 0 aromatic heterocycles. The van der Waals surface area contributed by atoms with Crippen molar-refractivity contribution in [1.82, 2.24) is 0 Å². The molecule has 1 saturated carbocycles. The monoisotopic (exact) mass is 355 g/mol. The average molecular weight is 355 g/mol. The molecule has 0 radical (unpaired) electrons. The van der Waals surface area contributed by atoms with Crippen molar-refractivity contribution in [3.05, 3.63) is 35.6 Å². The van der Waals surface area contributed by atoms with E-state index in [1.165, 1.54) is 12.6 Å². The summed E-state index contributed by atoms with van der Waals surface area (Å²) in [6.45, 7) is 0.819. The minimum Gasteiger partial charge on any atom is -0.511 e. The molecular weight excluding hydrogens is 330 g/mol. The molecular formula is C21H25NO4. The van der Waals surface area contributed by atoms with Crippen LogP contribution in [-0.4, -0.2) is 36.4 Å². The molecule has 5 nitrogen and oxygen atoms in total. The van der Waals surface area contributed by atoms with Gasteiger partial charge in [-0.3, -0.25) is 9.79 Å². The molecule has 0 bridgehead atoms. The van der Waals surface area contributed by atoms with Crippen LogP contribution in [0.4, 0.5) is 0 Å². The summed E-state index contributed by atoms with van der Waals surface area (Å²) in [5.41, 5.74) is 0.360. The number of carbonyl (C=O) groups excluding carboxylic acids is 1. The Morgan fingerprint density at radius 1 is 1.15 bits per heavy atom. The van der Waals surface area contributed by atoms with Crippen LogP contribution >= 0.6 is 0 Å². The van der Waals surface area contributed by atoms with Gasteiger partial charge in [0.25, 0.3) is 0 Å². The van der Waals surface area contributed by atoms with Crippen LogP contribution in [0.3, 0.4) is 0 Å². The first-order valence-electron chi connectivity index (χ1n) is 9.49. The molecule has 1 aromatic carbocycles. The number of para-hydroxylation sites is 2. The van der Waals surface area contributed by atoms with Gasteiger partial charge in [-0.15, -0.1) is 0 Å². The number of fused-ring (bicyclic) bond motifs is 1. The fourth-order valence-corrected chi connectivity index (χ4v) is 4.33. The molecule has 0 amide bonds. The van der Waals surface area contributed by atoms with E-state index < -0.39 is 0 Å². The lowest BCUT2D eigenvalue weighted by atomic mass is 9.65. The zero-order valence-corrected chi connectivity index (χ0v) is 14.9. The third kappa shape index (κ3) is 3.48. The second-order valence-electron chi connectivity index (χ2n) is 7.69. The van der Waals surface area contributed by atoms with Gasteiger partial charge in [-0.1, -0.05) is 31.4 Å². The minimum absolute atomic E-state index is 0.0131. The normalized spacial score (nSPS) is 25.1. The third-order valence-corrected chi connectivity index (χ3v) is 5.70. The van der Waals surface area contributed by atoms with Crippen molar-refractivity contribution < 1.29 is 19.4 Å². The van der Waals surface area contributed by atoms with E-state index in [-0.39, 0.29) is 23.1 Å². The predicted octanol–water partition coefficient (Wildman–Crippen LogP) is 4.02. The van der Waals surface area contributed by atoms with Gasteiger partial charge in [-0.25, -0.2) is 0 Å². The van der Waals surface area contributed by atoms with Crippen LogP contribution in [0.5, 0.6) is 11.5 Å². The van der Waals surface area contributed by atoms with E-state index in [1.54, 1.807) is 0 Å². The van der Waals surface area contributed by atoms with Crippen LogP contribution in [0, 0.1) is 5.41 Å². The van der Waals surface area contributed by atoms with Gasteiger partial charge in [-0.05, 0) is 30.4 Å². The summed E-state index contributed by atoms with van der Waals surface area (Å²) in [6, 6.07) is 7.55. The third-order valence-electron chi connectivity index (χ3n) is 5.70. The number of nitrogens with zero attached hydrogens (tertiary/aromatic N) is 1. The fourth-order valence-electron chi connectivity index (χ4n) is 4.33. The summed E-state index contributed by atoms with van der Waals surface area (Å²) >= 11 is 0. The van der Waals surface area contributed by atoms with Gasteiger partial charge in [-0.2, -0.15) is 0 Å². The van der Waals surface area contributed by atoms with Crippen LogP contribution in [0.2, 0.25) is 0 Å². The SMILES string of the molecule is O=C1CC2(CCCCC2)CC(O)=C1C=NCC1COc2ccccc2O1. The van der Waals surface area contributed by atoms with Crippen molar-refractivity contribution in [1.29, 1.82) is 0 Å². The topological polar surface area (TPSA) is 68.1 Å². The summed E-state index contributed by atoms with van der Waals surface area (Å²) in [6.07, 6.45) is 8.12. The molecule has 26 heavy (non-hydrogen) atoms. The number of hydrogen-bond donors (Lipinski definition) is 1. The Labute approximate surface area is 153 Å². The standard InChI is InChI=1S/C21H25NO4/c23-17-10-21(8-4-1-5-9-21)11-18(24)16(17)13-22-12-15-14-25-19-6-2-3-7-20(19)26-15/h2-3,6-7,13,15,23H,1,4-5,8-12,14H2. The Bertz CT molecular complexity index is 746. The van der Waals surface area contributed by atoms with Crippen molar-refractivity contribution in [3.63, 3.8) is 0 Å². The van der Waals surface area contributed by atoms with Crippen molar-refractivity contribution >= 4 is 12.0 Å². The number of ether oxygens (including phenoxy) is 2. The summed E-state index contributed by atoms with van der Waals surface area (Å²) in [4.78, 5) is 16.9. The van der Waals surface area contributed by atoms with Crippen LogP contribution in [-0.2, 0) is 4.79 Å². The largest absolute Gasteiger partial charge is 0.511 e. The van der Waals surface area contributed by atoms with Crippen LogP contribution in [0.15, 0.2) is 40.6 Å². The minimum atomic E-state index is -0.188. The Kier molecular flexibility index (Phi) is 4.70. The van der Waals surface area contributed by atoms with E-state index in [0.717, 1.165) is 31.4 Å². The molecule has 1 heterocycles. The maximum absolute atomic E-state index is 12.6. The molecule has 138 valence electrons. The number of rotatable bonds is 3. The highest BCUT2D eigenvalue weighted by molar-refractivity contribution is 6.14. The van der Waals surface area contributed by atoms with Crippen molar-refractivity contribution in [2.45, 2.75) is 51.0 Å². The highest BCUT2D eigenvalue weighted by atomic mass is 16.6. The number of aliphatic imine (C=N–C) groups is 1. The number of allylic oxidation sites excluding steroid dienone is 2. The van der Waals surface area contributed by atoms with Gasteiger partial charge >= 0.3 is 0 Å². The van der Waals surface area contributed by atoms with Gasteiger partial charge in [0.05, 0.1) is 12.1 Å². The first kappa shape index (κ1) is 17.1. The number of hydrogen-bond acceptors (Lipinski definition) is 5. The number of aliphatic hydroxyl groups is 1. The van der Waals surface area contributed by atoms with Gasteiger partial charge in [0.1, 0.15) is 12.4 Å². The molecule has 1 atom stereocenters. The summed E-state index contributed by atoms with van der Waals surface area (Å²) in [5, 5.41) is 10.4. The van der Waals surface area contributed by atoms with Gasteiger partial charge in [0.15, 0.2) is 23.4 Å². The van der Waals surface area contributed by atoms with Gasteiger partial charge in [0.2, 0.25) is 0 Å². The van der Waals surface area contributed by atoms with Crippen LogP contribution in [0.25, 0.3) is 0 Å². The van der Waals surface area contributed by atoms with E-state index >= 15 is 0 Å². The number of aliphatic hydroxyl groups excluding tert-OH is 1. The maximum atomic E-state index is 12.6. The highest BCUT2D eigenvalue weighted by Crippen LogP contribution is 2.47. The predicted molar refractivity (Wildman–Crippen MR) is 99.1 cm³/mol. The molecule has 3 aliphatic rings. The second kappa shape index (κ2) is 7.14. The van der Waals surface area contributed by atoms with Crippen molar-refractivity contribution in [2.75, 3.05) is 13.2 Å². The Hall–Kier alpha value is -2.30. The van der Waals surface area contributed by atoms with E-state index in [1.807, 2.05) is 24.3 Å². The first-order chi connectivity index (χ1) is 12.7. The zero-order chi connectivity index (χ0) is 18.0. The average Bonchev–Trinajstić information content (AvgIpc) is 2.64. The number of Topliss-reactive ketones (excluding diaryl/α,β-unsaturated/α-hetero) is 1. The van der Waals surface area contributed by atoms with E-state index in [9.17, 15) is 9.90 Å². The number of benzene rings is 1. The fraction of sp³-hybridized carbons (Fsp3) is 0.524. The lowest BCUT2D eigenvalue weighted by Gasteiger charge is -2.39. The van der Waals surface area contributed by atoms with E-state index in [2.05, 4.69) is 4.99 Å². The second-order valence-corrected chi connectivity index (χ2v) is 7.69. The maximum Gasteiger partial charge on any atom is 0.168 e. The zero-order valence-electron chi connectivity index (χ0n) is 14.9. The van der Waals surface area contributed by atoms with Crippen molar-refractivity contribution in [3.8, 4) is 11.5 Å². The number of ketones is 1. The lowest BCUT2D eigenvalue weighted by molar-refractivity contribution is -0.119. The molecule has 1 N–H and O–H groups in total. The molecule has 2 aliphatic carbocycles. The number of carbonyl (C=O) groups is 1. The van der Waals surface area contributed by atoms with Crippen LogP contribution in [0.1, 0.15) is 44.9 Å². The molecule has 4 rings (SSSR count). The summed E-state index contributed by atoms with van der Waals surface area (Å²) in [7, 11) is 0. The molecule has 1 unspecified atom stereocenters. The smallest absolute Gasteiger partial charge is 0.168 e. The molecule has 1 spiro atoms. The Balaban J connectivity index is 1.39. The highest BCUT2D eigenvalue weighted by Gasteiger charge is 2.40. The van der Waals surface area contributed by atoms with Gasteiger partial charge < -0.3 is 14.6 Å². The molecule has 1 aliphatic heterocycles. The summed E-state index contributed by atoms with van der Waals surface area (Å²) in [5.74, 6) is 1.69. The molecule has 1 aromatic rings. The Morgan fingerprint density at radius 2 is 1.92 bits per heavy atom. The van der Waals surface area contributed by atoms with Gasteiger partial charge in [0, 0.05) is 19.1 Å². The quantitative estimate of drug-likeness (QED) is 0.832. The van der Waals surface area contributed by atoms with E-state index in [0.29, 0.717) is 37.3 Å². The van der Waals surface area contributed by atoms with E-state index in [4.69, 9.17) is 9.47 Å². The summed E-state index contributed by atoms with van der Waals surface area (Å²) < 4.78 is 11.5. The van der Waals surface area contributed by atoms with Crippen molar-refractivity contribution in [2.24, 2.45) is 10.4 Å².